The van der Waals surface area contributed by atoms with Gasteiger partial charge in [0, 0.05) is 12.2 Å². The third-order valence-electron chi connectivity index (χ3n) is 4.27. The van der Waals surface area contributed by atoms with E-state index < -0.39 is 0 Å². The largest absolute Gasteiger partial charge is 0.388 e. The van der Waals surface area contributed by atoms with Crippen molar-refractivity contribution in [2.24, 2.45) is 11.8 Å². The molecule has 138 valence electrons. The van der Waals surface area contributed by atoms with Crippen LogP contribution in [-0.4, -0.2) is 6.54 Å². The summed E-state index contributed by atoms with van der Waals surface area (Å²) in [4.78, 5) is 0. The first-order valence-electron chi connectivity index (χ1n) is 9.34. The third-order valence-corrected chi connectivity index (χ3v) is 4.27. The molecule has 0 aliphatic heterocycles. The molecule has 1 nitrogen and oxygen atoms in total. The molecule has 25 heavy (non-hydrogen) atoms. The van der Waals surface area contributed by atoms with Gasteiger partial charge in [-0.05, 0) is 56.6 Å². The van der Waals surface area contributed by atoms with Crippen LogP contribution in [0, 0.1) is 11.8 Å². The van der Waals surface area contributed by atoms with E-state index in [4.69, 9.17) is 0 Å². The highest BCUT2D eigenvalue weighted by molar-refractivity contribution is 5.14. The number of hydrogen-bond acceptors (Lipinski definition) is 1. The lowest BCUT2D eigenvalue weighted by atomic mass is 10.0. The van der Waals surface area contributed by atoms with Gasteiger partial charge in [0.1, 0.15) is 0 Å². The predicted octanol–water partition coefficient (Wildman–Crippen LogP) is 6.90. The van der Waals surface area contributed by atoms with Crippen LogP contribution in [0.1, 0.15) is 53.9 Å². The maximum absolute atomic E-state index is 4.18. The van der Waals surface area contributed by atoms with E-state index in [1.54, 1.807) is 6.08 Å². The van der Waals surface area contributed by atoms with Gasteiger partial charge in [-0.15, -0.1) is 5.73 Å². The van der Waals surface area contributed by atoms with Crippen molar-refractivity contribution in [2.75, 3.05) is 6.54 Å². The molecule has 0 fully saturated rings. The van der Waals surface area contributed by atoms with E-state index >= 15 is 0 Å². The minimum absolute atomic E-state index is 0.478. The summed E-state index contributed by atoms with van der Waals surface area (Å²) < 4.78 is 0. The second kappa shape index (κ2) is 14.4. The molecule has 0 aliphatic rings. The maximum Gasteiger partial charge on any atom is 0.0181 e. The molecule has 1 N–H and O–H groups in total. The molecular formula is C24H37N. The minimum atomic E-state index is 0.478. The lowest BCUT2D eigenvalue weighted by Crippen LogP contribution is -2.19. The second-order valence-electron chi connectivity index (χ2n) is 6.89. The van der Waals surface area contributed by atoms with Gasteiger partial charge in [0.2, 0.25) is 0 Å². The molecule has 0 amide bonds. The Morgan fingerprint density at radius 3 is 2.48 bits per heavy atom. The Balaban J connectivity index is 4.07. The second-order valence-corrected chi connectivity index (χ2v) is 6.89. The van der Waals surface area contributed by atoms with E-state index in [2.05, 4.69) is 77.1 Å². The Kier molecular flexibility index (Phi) is 13.2. The molecule has 0 aromatic rings. The SMILES string of the molecule is C=C/C=C\C=C(/C)CCNC(=C)C(C)CC/C=C\C=C=C(C)C(C)C. The molecule has 0 saturated heterocycles. The first kappa shape index (κ1) is 23.0. The summed E-state index contributed by atoms with van der Waals surface area (Å²) in [7, 11) is 0. The molecular weight excluding hydrogens is 302 g/mol. The molecule has 1 atom stereocenters. The summed E-state index contributed by atoms with van der Waals surface area (Å²) in [6.45, 7) is 19.7. The van der Waals surface area contributed by atoms with Gasteiger partial charge in [-0.1, -0.05) is 76.0 Å². The highest BCUT2D eigenvalue weighted by atomic mass is 14.9. The molecule has 1 unspecified atom stereocenters. The number of rotatable bonds is 12. The third kappa shape index (κ3) is 13.0. The summed E-state index contributed by atoms with van der Waals surface area (Å²) in [6, 6.07) is 0. The van der Waals surface area contributed by atoms with Gasteiger partial charge in [-0.2, -0.15) is 0 Å². The van der Waals surface area contributed by atoms with Crippen molar-refractivity contribution in [3.8, 4) is 0 Å². The van der Waals surface area contributed by atoms with Crippen LogP contribution in [0.5, 0.6) is 0 Å². The molecule has 0 aromatic heterocycles. The topological polar surface area (TPSA) is 12.0 Å². The van der Waals surface area contributed by atoms with Crippen molar-refractivity contribution in [3.05, 3.63) is 78.3 Å². The van der Waals surface area contributed by atoms with Gasteiger partial charge in [0.15, 0.2) is 0 Å². The summed E-state index contributed by atoms with van der Waals surface area (Å²) >= 11 is 0. The molecule has 0 spiro atoms. The number of hydrogen-bond donors (Lipinski definition) is 1. The number of nitrogens with one attached hydrogen (secondary N) is 1. The van der Waals surface area contributed by atoms with Crippen LogP contribution in [-0.2, 0) is 0 Å². The Morgan fingerprint density at radius 2 is 1.84 bits per heavy atom. The zero-order valence-corrected chi connectivity index (χ0v) is 16.9. The van der Waals surface area contributed by atoms with Gasteiger partial charge in [0.25, 0.3) is 0 Å². The Morgan fingerprint density at radius 1 is 1.12 bits per heavy atom. The van der Waals surface area contributed by atoms with Gasteiger partial charge in [-0.25, -0.2) is 0 Å². The lowest BCUT2D eigenvalue weighted by Gasteiger charge is -2.16. The standard InChI is InChI=1S/C24H37N/c1-8-9-12-15-21(4)18-19-25-24(7)23(6)17-14-11-10-13-16-22(5)20(2)3/h8-13,15,20,23,25H,1,7,14,17-19H2,2-6H3/b11-10-,12-9-,21-15+. The summed E-state index contributed by atoms with van der Waals surface area (Å²) in [5.74, 6) is 1.04. The average molecular weight is 340 g/mol. The molecule has 0 aliphatic carbocycles. The van der Waals surface area contributed by atoms with Crippen molar-refractivity contribution >= 4 is 0 Å². The molecule has 0 aromatic carbocycles. The smallest absolute Gasteiger partial charge is 0.0181 e. The van der Waals surface area contributed by atoms with Gasteiger partial charge in [-0.3, -0.25) is 0 Å². The maximum atomic E-state index is 4.18. The first-order valence-corrected chi connectivity index (χ1v) is 9.34. The van der Waals surface area contributed by atoms with E-state index in [0.29, 0.717) is 11.8 Å². The van der Waals surface area contributed by atoms with Crippen LogP contribution in [0.3, 0.4) is 0 Å². The van der Waals surface area contributed by atoms with Crippen LogP contribution < -0.4 is 5.32 Å². The zero-order chi connectivity index (χ0) is 19.1. The van der Waals surface area contributed by atoms with E-state index in [0.717, 1.165) is 31.5 Å². The quantitative estimate of drug-likeness (QED) is 0.301. The lowest BCUT2D eigenvalue weighted by molar-refractivity contribution is 0.568. The summed E-state index contributed by atoms with van der Waals surface area (Å²) in [6.07, 6.45) is 17.4. The van der Waals surface area contributed by atoms with Crippen molar-refractivity contribution in [1.29, 1.82) is 0 Å². The molecule has 0 radical (unpaired) electrons. The fraction of sp³-hybridized carbons (Fsp3) is 0.458. The van der Waals surface area contributed by atoms with Crippen LogP contribution in [0.4, 0.5) is 0 Å². The van der Waals surface area contributed by atoms with Gasteiger partial charge < -0.3 is 5.32 Å². The average Bonchev–Trinajstić information content (AvgIpc) is 2.57. The normalized spacial score (nSPS) is 13.1. The molecule has 0 saturated carbocycles. The van der Waals surface area contributed by atoms with E-state index in [-0.39, 0.29) is 0 Å². The zero-order valence-electron chi connectivity index (χ0n) is 16.9. The molecule has 1 heteroatoms. The Labute approximate surface area is 156 Å². The van der Waals surface area contributed by atoms with Crippen LogP contribution >= 0.6 is 0 Å². The fourth-order valence-electron chi connectivity index (χ4n) is 2.01. The van der Waals surface area contributed by atoms with Crippen LogP contribution in [0.15, 0.2) is 78.3 Å². The Hall–Kier alpha value is -1.98. The van der Waals surface area contributed by atoms with Crippen LogP contribution in [0.25, 0.3) is 0 Å². The van der Waals surface area contributed by atoms with Crippen LogP contribution in [0.2, 0.25) is 0 Å². The minimum Gasteiger partial charge on any atom is -0.388 e. The molecule has 0 heterocycles. The highest BCUT2D eigenvalue weighted by Crippen LogP contribution is 2.13. The van der Waals surface area contributed by atoms with Gasteiger partial charge in [0.05, 0.1) is 0 Å². The van der Waals surface area contributed by atoms with E-state index in [1.165, 1.54) is 11.1 Å². The van der Waals surface area contributed by atoms with Crippen molar-refractivity contribution in [2.45, 2.75) is 53.9 Å². The molecule has 0 bridgehead atoms. The fourth-order valence-corrected chi connectivity index (χ4v) is 2.01. The van der Waals surface area contributed by atoms with Gasteiger partial charge >= 0.3 is 0 Å². The van der Waals surface area contributed by atoms with Crippen molar-refractivity contribution < 1.29 is 0 Å². The van der Waals surface area contributed by atoms with E-state index in [1.807, 2.05) is 18.2 Å². The summed E-state index contributed by atoms with van der Waals surface area (Å²) in [5.41, 5.74) is 7.09. The molecule has 0 rings (SSSR count). The highest BCUT2D eigenvalue weighted by Gasteiger charge is 2.04. The monoisotopic (exact) mass is 339 g/mol. The summed E-state index contributed by atoms with van der Waals surface area (Å²) in [5, 5.41) is 3.46. The first-order chi connectivity index (χ1) is 11.9. The van der Waals surface area contributed by atoms with E-state index in [9.17, 15) is 0 Å². The number of allylic oxidation sites excluding steroid dienone is 8. The van der Waals surface area contributed by atoms with Crippen molar-refractivity contribution in [3.63, 3.8) is 0 Å². The predicted molar refractivity (Wildman–Crippen MR) is 114 cm³/mol. The Bertz CT molecular complexity index is 549. The van der Waals surface area contributed by atoms with Crippen molar-refractivity contribution in [1.82, 2.24) is 5.32 Å².